The minimum absolute atomic E-state index is 0.788. The average Bonchev–Trinajstić information content (AvgIpc) is 2.59. The normalized spacial score (nSPS) is 10.9. The van der Waals surface area contributed by atoms with E-state index in [1.165, 1.54) is 0 Å². The van der Waals surface area contributed by atoms with Crippen LogP contribution in [0.5, 0.6) is 0 Å². The van der Waals surface area contributed by atoms with Gasteiger partial charge in [-0.1, -0.05) is 18.3 Å². The molecule has 4 nitrogen and oxygen atoms in total. The van der Waals surface area contributed by atoms with Crippen LogP contribution >= 0.6 is 11.3 Å². The van der Waals surface area contributed by atoms with Crippen molar-refractivity contribution in [1.82, 2.24) is 9.88 Å². The highest BCUT2D eigenvalue weighted by Gasteiger charge is 2.09. The summed E-state index contributed by atoms with van der Waals surface area (Å²) in [5.74, 6) is 0. The molecular formula is C10H20N4S. The second-order valence-electron chi connectivity index (χ2n) is 3.84. The summed E-state index contributed by atoms with van der Waals surface area (Å²) >= 11 is 1.56. The van der Waals surface area contributed by atoms with E-state index in [-0.39, 0.29) is 0 Å². The van der Waals surface area contributed by atoms with Crippen molar-refractivity contribution in [2.75, 3.05) is 44.4 Å². The predicted octanol–water partition coefficient (Wildman–Crippen LogP) is 1.50. The van der Waals surface area contributed by atoms with Crippen LogP contribution < -0.4 is 10.6 Å². The summed E-state index contributed by atoms with van der Waals surface area (Å²) in [4.78, 5) is 8.79. The van der Waals surface area contributed by atoms with Crippen molar-refractivity contribution >= 4 is 21.5 Å². The van der Waals surface area contributed by atoms with Crippen molar-refractivity contribution in [1.29, 1.82) is 0 Å². The smallest absolute Gasteiger partial charge is 0.187 e. The Morgan fingerprint density at radius 3 is 2.53 bits per heavy atom. The molecule has 0 aliphatic heterocycles. The molecule has 0 fully saturated rings. The SMILES string of the molecule is CCCN(CCN(C)C)c1ncc(N)s1. The van der Waals surface area contributed by atoms with E-state index >= 15 is 0 Å². The molecule has 86 valence electrons. The van der Waals surface area contributed by atoms with Crippen molar-refractivity contribution in [2.45, 2.75) is 13.3 Å². The first-order chi connectivity index (χ1) is 7.13. The van der Waals surface area contributed by atoms with Gasteiger partial charge < -0.3 is 15.5 Å². The quantitative estimate of drug-likeness (QED) is 0.801. The van der Waals surface area contributed by atoms with Crippen LogP contribution in [0, 0.1) is 0 Å². The number of anilines is 2. The molecule has 0 saturated carbocycles. The maximum Gasteiger partial charge on any atom is 0.187 e. The molecule has 0 bridgehead atoms. The van der Waals surface area contributed by atoms with E-state index in [4.69, 9.17) is 5.73 Å². The molecule has 0 atom stereocenters. The second kappa shape index (κ2) is 5.92. The number of nitrogen functional groups attached to an aromatic ring is 1. The van der Waals surface area contributed by atoms with Crippen molar-refractivity contribution < 1.29 is 0 Å². The lowest BCUT2D eigenvalue weighted by Gasteiger charge is -2.22. The van der Waals surface area contributed by atoms with Crippen LogP contribution in [0.25, 0.3) is 0 Å². The lowest BCUT2D eigenvalue weighted by atomic mass is 10.4. The van der Waals surface area contributed by atoms with Crippen LogP contribution in [0.2, 0.25) is 0 Å². The van der Waals surface area contributed by atoms with Crippen molar-refractivity contribution in [3.05, 3.63) is 6.20 Å². The lowest BCUT2D eigenvalue weighted by Crippen LogP contribution is -2.32. The minimum atomic E-state index is 0.788. The number of rotatable bonds is 6. The Labute approximate surface area is 95.7 Å². The predicted molar refractivity (Wildman–Crippen MR) is 67.6 cm³/mol. The molecule has 0 amide bonds. The third-order valence-electron chi connectivity index (χ3n) is 2.09. The molecule has 5 heteroatoms. The van der Waals surface area contributed by atoms with Crippen molar-refractivity contribution in [2.24, 2.45) is 0 Å². The second-order valence-corrected chi connectivity index (χ2v) is 4.88. The highest BCUT2D eigenvalue weighted by Crippen LogP contribution is 2.23. The first-order valence-corrected chi connectivity index (χ1v) is 6.06. The molecule has 2 N–H and O–H groups in total. The van der Waals surface area contributed by atoms with Gasteiger partial charge in [-0.25, -0.2) is 4.98 Å². The maximum absolute atomic E-state index is 5.69. The van der Waals surface area contributed by atoms with Gasteiger partial charge in [-0.15, -0.1) is 0 Å². The van der Waals surface area contributed by atoms with Crippen molar-refractivity contribution in [3.8, 4) is 0 Å². The van der Waals surface area contributed by atoms with Crippen LogP contribution in [-0.4, -0.2) is 43.6 Å². The van der Waals surface area contributed by atoms with E-state index < -0.39 is 0 Å². The van der Waals surface area contributed by atoms with Gasteiger partial charge >= 0.3 is 0 Å². The minimum Gasteiger partial charge on any atom is -0.389 e. The Morgan fingerprint density at radius 2 is 2.07 bits per heavy atom. The molecule has 1 rings (SSSR count). The molecule has 1 heterocycles. The van der Waals surface area contributed by atoms with Crippen LogP contribution in [0.15, 0.2) is 6.20 Å². The molecule has 15 heavy (non-hydrogen) atoms. The molecule has 0 aliphatic carbocycles. The molecule has 0 radical (unpaired) electrons. The molecule has 0 saturated heterocycles. The lowest BCUT2D eigenvalue weighted by molar-refractivity contribution is 0.413. The molecular weight excluding hydrogens is 208 g/mol. The molecule has 0 aliphatic rings. The summed E-state index contributed by atoms with van der Waals surface area (Å²) in [6, 6.07) is 0. The zero-order valence-corrected chi connectivity index (χ0v) is 10.5. The Kier molecular flexibility index (Phi) is 4.84. The zero-order valence-electron chi connectivity index (χ0n) is 9.73. The molecule has 0 spiro atoms. The maximum atomic E-state index is 5.69. The fourth-order valence-electron chi connectivity index (χ4n) is 1.32. The van der Waals surface area contributed by atoms with E-state index in [0.29, 0.717) is 0 Å². The van der Waals surface area contributed by atoms with Crippen LogP contribution in [0.4, 0.5) is 10.1 Å². The molecule has 0 aromatic carbocycles. The summed E-state index contributed by atoms with van der Waals surface area (Å²) in [6.45, 7) is 5.27. The summed E-state index contributed by atoms with van der Waals surface area (Å²) < 4.78 is 0. The van der Waals surface area contributed by atoms with E-state index in [0.717, 1.165) is 36.2 Å². The fourth-order valence-corrected chi connectivity index (χ4v) is 2.05. The Bertz CT molecular complexity index is 285. The standard InChI is InChI=1S/C10H20N4S/c1-4-5-14(7-6-13(2)3)10-12-8-9(11)15-10/h8H,4-7,11H2,1-3H3. The Hall–Kier alpha value is -0.810. The van der Waals surface area contributed by atoms with Crippen LogP contribution in [0.1, 0.15) is 13.3 Å². The first kappa shape index (κ1) is 12.3. The summed E-state index contributed by atoms with van der Waals surface area (Å²) in [5.41, 5.74) is 5.69. The number of nitrogens with zero attached hydrogens (tertiary/aromatic N) is 3. The third kappa shape index (κ3) is 4.05. The first-order valence-electron chi connectivity index (χ1n) is 5.24. The number of thiazole rings is 1. The number of nitrogens with two attached hydrogens (primary N) is 1. The van der Waals surface area contributed by atoms with Gasteiger partial charge in [0.25, 0.3) is 0 Å². The molecule has 0 unspecified atom stereocenters. The van der Waals surface area contributed by atoms with Crippen LogP contribution in [-0.2, 0) is 0 Å². The number of likely N-dealkylation sites (N-methyl/N-ethyl adjacent to an activating group) is 1. The fraction of sp³-hybridized carbons (Fsp3) is 0.700. The number of hydrogen-bond donors (Lipinski definition) is 1. The summed E-state index contributed by atoms with van der Waals surface area (Å²) in [7, 11) is 4.17. The number of aromatic nitrogens is 1. The summed E-state index contributed by atoms with van der Waals surface area (Å²) in [5, 5.41) is 1.83. The van der Waals surface area contributed by atoms with Crippen LogP contribution in [0.3, 0.4) is 0 Å². The van der Waals surface area contributed by atoms with Gasteiger partial charge in [-0.2, -0.15) is 0 Å². The van der Waals surface area contributed by atoms with Crippen molar-refractivity contribution in [3.63, 3.8) is 0 Å². The molecule has 1 aromatic rings. The van der Waals surface area contributed by atoms with Gasteiger partial charge in [0.15, 0.2) is 5.13 Å². The number of hydrogen-bond acceptors (Lipinski definition) is 5. The topological polar surface area (TPSA) is 45.4 Å². The highest BCUT2D eigenvalue weighted by atomic mass is 32.1. The van der Waals surface area contributed by atoms with E-state index in [9.17, 15) is 0 Å². The third-order valence-corrected chi connectivity index (χ3v) is 2.98. The van der Waals surface area contributed by atoms with E-state index in [1.54, 1.807) is 17.5 Å². The van der Waals surface area contributed by atoms with E-state index in [1.807, 2.05) is 0 Å². The zero-order chi connectivity index (χ0) is 11.3. The Morgan fingerprint density at radius 1 is 1.33 bits per heavy atom. The van der Waals surface area contributed by atoms with Gasteiger partial charge in [-0.05, 0) is 20.5 Å². The monoisotopic (exact) mass is 228 g/mol. The average molecular weight is 228 g/mol. The van der Waals surface area contributed by atoms with Gasteiger partial charge in [0.2, 0.25) is 0 Å². The van der Waals surface area contributed by atoms with Gasteiger partial charge in [0.1, 0.15) is 5.00 Å². The van der Waals surface area contributed by atoms with Gasteiger partial charge in [0.05, 0.1) is 6.20 Å². The van der Waals surface area contributed by atoms with Gasteiger partial charge in [0, 0.05) is 19.6 Å². The largest absolute Gasteiger partial charge is 0.389 e. The van der Waals surface area contributed by atoms with Gasteiger partial charge in [-0.3, -0.25) is 0 Å². The Balaban J connectivity index is 2.57. The highest BCUT2D eigenvalue weighted by molar-refractivity contribution is 7.19. The molecule has 1 aromatic heterocycles. The summed E-state index contributed by atoms with van der Waals surface area (Å²) in [6.07, 6.45) is 2.87. The van der Waals surface area contributed by atoms with E-state index in [2.05, 4.69) is 35.8 Å².